The summed E-state index contributed by atoms with van der Waals surface area (Å²) in [6.45, 7) is 1.31. The average Bonchev–Trinajstić information content (AvgIpc) is 1.82. The van der Waals surface area contributed by atoms with Gasteiger partial charge < -0.3 is 15.3 Å². The Bertz CT molecular complexity index is 221. The van der Waals surface area contributed by atoms with Crippen LogP contribution in [0, 0.1) is 5.92 Å². The molecular weight excluding hydrogens is 160 g/mol. The number of Topliss-reactive ketones (excluding diaryl/α,β-unsaturated/α-hetero) is 1. The van der Waals surface area contributed by atoms with Gasteiger partial charge in [0.1, 0.15) is 5.78 Å². The molecule has 3 atom stereocenters. The second-order valence-electron chi connectivity index (χ2n) is 3.06. The van der Waals surface area contributed by atoms with Crippen molar-refractivity contribution >= 4 is 5.78 Å². The van der Waals surface area contributed by atoms with E-state index in [0.29, 0.717) is 0 Å². The van der Waals surface area contributed by atoms with Gasteiger partial charge in [-0.15, -0.1) is 0 Å². The minimum absolute atomic E-state index is 0.0430. The summed E-state index contributed by atoms with van der Waals surface area (Å²) in [4.78, 5) is 10.9. The zero-order chi connectivity index (χ0) is 9.30. The molecule has 0 saturated heterocycles. The summed E-state index contributed by atoms with van der Waals surface area (Å²) in [5.74, 6) is -1.12. The monoisotopic (exact) mass is 172 g/mol. The van der Waals surface area contributed by atoms with Crippen molar-refractivity contribution in [2.45, 2.75) is 25.6 Å². The molecule has 4 nitrogen and oxygen atoms in total. The lowest BCUT2D eigenvalue weighted by Crippen LogP contribution is -2.39. The number of aliphatic hydroxyl groups excluding tert-OH is 3. The maximum atomic E-state index is 10.9. The maximum Gasteiger partial charge on any atom is 0.138 e. The van der Waals surface area contributed by atoms with E-state index in [2.05, 4.69) is 0 Å². The first kappa shape index (κ1) is 9.22. The minimum Gasteiger partial charge on any atom is -0.512 e. The highest BCUT2D eigenvalue weighted by atomic mass is 16.3. The van der Waals surface area contributed by atoms with E-state index < -0.39 is 18.1 Å². The van der Waals surface area contributed by atoms with Crippen LogP contribution < -0.4 is 0 Å². The number of aliphatic hydroxyl groups is 3. The Kier molecular flexibility index (Phi) is 2.49. The normalized spacial score (nSPS) is 35.9. The maximum absolute atomic E-state index is 10.9. The molecule has 3 unspecified atom stereocenters. The Balaban J connectivity index is 2.82. The highest BCUT2D eigenvalue weighted by Gasteiger charge is 2.34. The fourth-order valence-electron chi connectivity index (χ4n) is 1.45. The van der Waals surface area contributed by atoms with Crippen molar-refractivity contribution < 1.29 is 20.1 Å². The van der Waals surface area contributed by atoms with E-state index in [1.165, 1.54) is 13.0 Å². The molecule has 1 aliphatic carbocycles. The van der Waals surface area contributed by atoms with Crippen LogP contribution in [0.2, 0.25) is 0 Å². The molecular formula is C8H12O4. The van der Waals surface area contributed by atoms with E-state index >= 15 is 0 Å². The Hall–Kier alpha value is -0.870. The lowest BCUT2D eigenvalue weighted by molar-refractivity contribution is -0.128. The Morgan fingerprint density at radius 1 is 1.58 bits per heavy atom. The largest absolute Gasteiger partial charge is 0.512 e. The molecule has 12 heavy (non-hydrogen) atoms. The molecule has 68 valence electrons. The SMILES string of the molecule is CC(=O)C1C(O)C=C(O)CC1O. The molecule has 0 bridgehead atoms. The predicted octanol–water partition coefficient (Wildman–Crippen LogP) is -0.241. The van der Waals surface area contributed by atoms with Gasteiger partial charge in [0.05, 0.1) is 23.9 Å². The molecule has 1 aliphatic rings. The Morgan fingerprint density at radius 2 is 2.17 bits per heavy atom. The van der Waals surface area contributed by atoms with E-state index in [9.17, 15) is 15.0 Å². The van der Waals surface area contributed by atoms with Crippen molar-refractivity contribution in [1.82, 2.24) is 0 Å². The summed E-state index contributed by atoms with van der Waals surface area (Å²) in [5.41, 5.74) is 0. The molecule has 0 radical (unpaired) electrons. The van der Waals surface area contributed by atoms with Gasteiger partial charge in [-0.05, 0) is 13.0 Å². The summed E-state index contributed by atoms with van der Waals surface area (Å²) < 4.78 is 0. The minimum atomic E-state index is -1.06. The number of rotatable bonds is 1. The van der Waals surface area contributed by atoms with Gasteiger partial charge in [0, 0.05) is 6.42 Å². The first-order valence-electron chi connectivity index (χ1n) is 3.78. The first-order chi connectivity index (χ1) is 5.52. The van der Waals surface area contributed by atoms with Crippen molar-refractivity contribution in [3.05, 3.63) is 11.8 Å². The second kappa shape index (κ2) is 3.25. The fraction of sp³-hybridized carbons (Fsp3) is 0.625. The van der Waals surface area contributed by atoms with Crippen LogP contribution in [0.25, 0.3) is 0 Å². The zero-order valence-corrected chi connectivity index (χ0v) is 6.77. The number of hydrogen-bond acceptors (Lipinski definition) is 4. The average molecular weight is 172 g/mol. The fourth-order valence-corrected chi connectivity index (χ4v) is 1.45. The number of carbonyl (C=O) groups is 1. The van der Waals surface area contributed by atoms with Crippen molar-refractivity contribution in [2.24, 2.45) is 5.92 Å². The summed E-state index contributed by atoms with van der Waals surface area (Å²) in [6.07, 6.45) is -0.797. The molecule has 0 aliphatic heterocycles. The standard InChI is InChI=1S/C8H12O4/c1-4(9)8-6(11)2-5(10)3-7(8)12/h2,6-8,10-12H,3H2,1H3. The third kappa shape index (κ3) is 1.65. The second-order valence-corrected chi connectivity index (χ2v) is 3.06. The Labute approximate surface area is 70.1 Å². The molecule has 0 aromatic carbocycles. The van der Waals surface area contributed by atoms with Gasteiger partial charge in [0.2, 0.25) is 0 Å². The van der Waals surface area contributed by atoms with Gasteiger partial charge in [0.25, 0.3) is 0 Å². The van der Waals surface area contributed by atoms with Crippen LogP contribution in [0.4, 0.5) is 0 Å². The van der Waals surface area contributed by atoms with Crippen LogP contribution in [-0.2, 0) is 4.79 Å². The summed E-state index contributed by atoms with van der Waals surface area (Å²) in [5, 5.41) is 27.5. The van der Waals surface area contributed by atoms with Crippen LogP contribution in [-0.4, -0.2) is 33.3 Å². The van der Waals surface area contributed by atoms with Crippen molar-refractivity contribution in [3.63, 3.8) is 0 Å². The van der Waals surface area contributed by atoms with Crippen molar-refractivity contribution in [3.8, 4) is 0 Å². The van der Waals surface area contributed by atoms with Crippen LogP contribution in [0.15, 0.2) is 11.8 Å². The van der Waals surface area contributed by atoms with E-state index in [1.54, 1.807) is 0 Å². The van der Waals surface area contributed by atoms with Gasteiger partial charge in [-0.2, -0.15) is 0 Å². The van der Waals surface area contributed by atoms with Crippen LogP contribution >= 0.6 is 0 Å². The van der Waals surface area contributed by atoms with Crippen molar-refractivity contribution in [1.29, 1.82) is 0 Å². The molecule has 0 amide bonds. The van der Waals surface area contributed by atoms with Gasteiger partial charge in [-0.3, -0.25) is 4.79 Å². The van der Waals surface area contributed by atoms with Crippen LogP contribution in [0.1, 0.15) is 13.3 Å². The zero-order valence-electron chi connectivity index (χ0n) is 6.77. The van der Waals surface area contributed by atoms with E-state index in [0.717, 1.165) is 0 Å². The summed E-state index contributed by atoms with van der Waals surface area (Å²) in [7, 11) is 0. The van der Waals surface area contributed by atoms with Gasteiger partial charge in [-0.1, -0.05) is 0 Å². The van der Waals surface area contributed by atoms with Gasteiger partial charge in [0.15, 0.2) is 0 Å². The van der Waals surface area contributed by atoms with Crippen LogP contribution in [0.3, 0.4) is 0 Å². The molecule has 0 aromatic rings. The lowest BCUT2D eigenvalue weighted by Gasteiger charge is -2.27. The van der Waals surface area contributed by atoms with Crippen LogP contribution in [0.5, 0.6) is 0 Å². The molecule has 4 heteroatoms. The molecule has 0 spiro atoms. The molecule has 0 heterocycles. The Morgan fingerprint density at radius 3 is 2.58 bits per heavy atom. The van der Waals surface area contributed by atoms with Crippen molar-refractivity contribution in [2.75, 3.05) is 0 Å². The highest BCUT2D eigenvalue weighted by Crippen LogP contribution is 2.23. The quantitative estimate of drug-likeness (QED) is 0.510. The predicted molar refractivity (Wildman–Crippen MR) is 41.5 cm³/mol. The van der Waals surface area contributed by atoms with Gasteiger partial charge in [-0.25, -0.2) is 0 Å². The number of hydrogen-bond donors (Lipinski definition) is 3. The smallest absolute Gasteiger partial charge is 0.138 e. The van der Waals surface area contributed by atoms with E-state index in [1.807, 2.05) is 0 Å². The third-order valence-electron chi connectivity index (χ3n) is 2.03. The van der Waals surface area contributed by atoms with Gasteiger partial charge >= 0.3 is 0 Å². The summed E-state index contributed by atoms with van der Waals surface area (Å²) >= 11 is 0. The molecule has 0 aromatic heterocycles. The first-order valence-corrected chi connectivity index (χ1v) is 3.78. The third-order valence-corrected chi connectivity index (χ3v) is 2.03. The number of carbonyl (C=O) groups excluding carboxylic acids is 1. The number of ketones is 1. The molecule has 3 N–H and O–H groups in total. The topological polar surface area (TPSA) is 77.8 Å². The molecule has 1 rings (SSSR count). The lowest BCUT2D eigenvalue weighted by atomic mass is 9.85. The van der Waals surface area contributed by atoms with E-state index in [4.69, 9.17) is 5.11 Å². The highest BCUT2D eigenvalue weighted by molar-refractivity contribution is 5.80. The molecule has 0 saturated carbocycles. The molecule has 0 fully saturated rings. The van der Waals surface area contributed by atoms with E-state index in [-0.39, 0.29) is 18.0 Å². The summed E-state index contributed by atoms with van der Waals surface area (Å²) in [6, 6.07) is 0.